The number of ketones is 1. The van der Waals surface area contributed by atoms with E-state index in [2.05, 4.69) is 0 Å². The van der Waals surface area contributed by atoms with Crippen molar-refractivity contribution in [3.05, 3.63) is 77.1 Å². The third kappa shape index (κ3) is 3.23. The SMILES string of the molecule is CC(C)(C)C(=O)C1=C(O)C(=O)N(c2ccc(F)cc2)C1c1ccccc1F. The maximum atomic E-state index is 14.6. The van der Waals surface area contributed by atoms with Crippen molar-refractivity contribution < 1.29 is 23.5 Å². The van der Waals surface area contributed by atoms with Gasteiger partial charge in [-0.2, -0.15) is 0 Å². The molecular formula is C21H19F2NO3. The van der Waals surface area contributed by atoms with Crippen molar-refractivity contribution in [2.45, 2.75) is 26.8 Å². The summed E-state index contributed by atoms with van der Waals surface area (Å²) in [4.78, 5) is 26.9. The molecule has 2 aromatic carbocycles. The van der Waals surface area contributed by atoms with Crippen molar-refractivity contribution in [1.29, 1.82) is 0 Å². The van der Waals surface area contributed by atoms with Crippen LogP contribution >= 0.6 is 0 Å². The molecule has 0 radical (unpaired) electrons. The van der Waals surface area contributed by atoms with Crippen LogP contribution < -0.4 is 4.90 Å². The number of aliphatic hydroxyl groups excluding tert-OH is 1. The van der Waals surface area contributed by atoms with Crippen LogP contribution in [0.4, 0.5) is 14.5 Å². The Kier molecular flexibility index (Phi) is 4.59. The number of amides is 1. The second-order valence-electron chi connectivity index (χ2n) is 7.42. The quantitative estimate of drug-likeness (QED) is 0.865. The maximum Gasteiger partial charge on any atom is 0.294 e. The lowest BCUT2D eigenvalue weighted by atomic mass is 9.82. The average molecular weight is 371 g/mol. The van der Waals surface area contributed by atoms with Gasteiger partial charge in [0.2, 0.25) is 0 Å². The molecule has 4 nitrogen and oxygen atoms in total. The number of nitrogens with zero attached hydrogens (tertiary/aromatic N) is 1. The van der Waals surface area contributed by atoms with Gasteiger partial charge in [0.05, 0.1) is 11.6 Å². The number of halogens is 2. The van der Waals surface area contributed by atoms with Gasteiger partial charge >= 0.3 is 0 Å². The number of aliphatic hydroxyl groups is 1. The molecule has 140 valence electrons. The van der Waals surface area contributed by atoms with E-state index in [0.29, 0.717) is 0 Å². The molecule has 1 aliphatic heterocycles. The Morgan fingerprint density at radius 3 is 2.19 bits per heavy atom. The molecule has 1 amide bonds. The lowest BCUT2D eigenvalue weighted by Gasteiger charge is -2.29. The number of anilines is 1. The Labute approximate surface area is 155 Å². The third-order valence-corrected chi connectivity index (χ3v) is 4.44. The van der Waals surface area contributed by atoms with E-state index in [1.165, 1.54) is 30.3 Å². The smallest absolute Gasteiger partial charge is 0.294 e. The van der Waals surface area contributed by atoms with Crippen molar-refractivity contribution in [3.63, 3.8) is 0 Å². The minimum Gasteiger partial charge on any atom is -0.503 e. The summed E-state index contributed by atoms with van der Waals surface area (Å²) in [6, 6.07) is 9.61. The molecule has 0 saturated carbocycles. The lowest BCUT2D eigenvalue weighted by Crippen LogP contribution is -2.33. The number of hydrogen-bond acceptors (Lipinski definition) is 3. The average Bonchev–Trinajstić information content (AvgIpc) is 2.86. The predicted molar refractivity (Wildman–Crippen MR) is 97.1 cm³/mol. The van der Waals surface area contributed by atoms with Crippen molar-refractivity contribution in [1.82, 2.24) is 0 Å². The number of Topliss-reactive ketones (excluding diaryl/α,β-unsaturated/α-hetero) is 1. The molecule has 0 aliphatic carbocycles. The highest BCUT2D eigenvalue weighted by atomic mass is 19.1. The minimum atomic E-state index is -1.14. The van der Waals surface area contributed by atoms with Crippen LogP contribution in [-0.2, 0) is 9.59 Å². The summed E-state index contributed by atoms with van der Waals surface area (Å²) < 4.78 is 27.9. The van der Waals surface area contributed by atoms with E-state index in [0.717, 1.165) is 17.0 Å². The summed E-state index contributed by atoms with van der Waals surface area (Å²) in [5, 5.41) is 10.5. The minimum absolute atomic E-state index is 0.0758. The zero-order chi connectivity index (χ0) is 19.9. The van der Waals surface area contributed by atoms with Gasteiger partial charge in [0.15, 0.2) is 11.5 Å². The van der Waals surface area contributed by atoms with Gasteiger partial charge in [-0.05, 0) is 30.3 Å². The van der Waals surface area contributed by atoms with Gasteiger partial charge in [0.25, 0.3) is 5.91 Å². The number of rotatable bonds is 3. The zero-order valence-electron chi connectivity index (χ0n) is 15.2. The Morgan fingerprint density at radius 1 is 1.04 bits per heavy atom. The summed E-state index contributed by atoms with van der Waals surface area (Å²) in [5.74, 6) is -3.13. The normalized spacial score (nSPS) is 17.6. The standard InChI is InChI=1S/C21H19F2NO3/c1-21(2,3)19(26)16-17(14-6-4-5-7-15(14)23)24(20(27)18(16)25)13-10-8-12(22)9-11-13/h4-11,17,25H,1-3H3. The number of benzene rings is 2. The molecule has 0 aromatic heterocycles. The predicted octanol–water partition coefficient (Wildman–Crippen LogP) is 4.48. The van der Waals surface area contributed by atoms with Crippen LogP contribution in [0.25, 0.3) is 0 Å². The number of carbonyl (C=O) groups is 2. The van der Waals surface area contributed by atoms with Crippen LogP contribution in [0, 0.1) is 17.0 Å². The Hall–Kier alpha value is -3.02. The van der Waals surface area contributed by atoms with Crippen LogP contribution in [-0.4, -0.2) is 16.8 Å². The van der Waals surface area contributed by atoms with Crippen LogP contribution in [0.2, 0.25) is 0 Å². The first-order valence-electron chi connectivity index (χ1n) is 8.44. The van der Waals surface area contributed by atoms with E-state index in [1.54, 1.807) is 26.8 Å². The number of carbonyl (C=O) groups excluding carboxylic acids is 2. The second kappa shape index (κ2) is 6.61. The first kappa shape index (κ1) is 18.8. The van der Waals surface area contributed by atoms with Gasteiger partial charge in [-0.1, -0.05) is 39.0 Å². The highest BCUT2D eigenvalue weighted by Gasteiger charge is 2.47. The zero-order valence-corrected chi connectivity index (χ0v) is 15.2. The number of hydrogen-bond donors (Lipinski definition) is 1. The molecular weight excluding hydrogens is 352 g/mol. The molecule has 27 heavy (non-hydrogen) atoms. The lowest BCUT2D eigenvalue weighted by molar-refractivity contribution is -0.123. The van der Waals surface area contributed by atoms with Crippen LogP contribution in [0.5, 0.6) is 0 Å². The van der Waals surface area contributed by atoms with Crippen LogP contribution in [0.1, 0.15) is 32.4 Å². The molecule has 3 rings (SSSR count). The molecule has 2 aromatic rings. The molecule has 1 unspecified atom stereocenters. The molecule has 0 spiro atoms. The van der Waals surface area contributed by atoms with E-state index in [9.17, 15) is 23.5 Å². The fourth-order valence-corrected chi connectivity index (χ4v) is 3.10. The van der Waals surface area contributed by atoms with Crippen LogP contribution in [0.15, 0.2) is 59.9 Å². The molecule has 1 aliphatic rings. The van der Waals surface area contributed by atoms with Gasteiger partial charge < -0.3 is 5.11 Å². The Bertz CT molecular complexity index is 943. The van der Waals surface area contributed by atoms with Crippen molar-refractivity contribution in [3.8, 4) is 0 Å². The van der Waals surface area contributed by atoms with Gasteiger partial charge in [-0.15, -0.1) is 0 Å². The summed E-state index contributed by atoms with van der Waals surface area (Å²) in [6.45, 7) is 4.96. The molecule has 1 N–H and O–H groups in total. The van der Waals surface area contributed by atoms with Gasteiger partial charge in [0, 0.05) is 16.7 Å². The summed E-state index contributed by atoms with van der Waals surface area (Å²) in [7, 11) is 0. The highest BCUT2D eigenvalue weighted by Crippen LogP contribution is 2.43. The first-order valence-corrected chi connectivity index (χ1v) is 8.44. The molecule has 1 heterocycles. The summed E-state index contributed by atoms with van der Waals surface area (Å²) in [6.07, 6.45) is 0. The van der Waals surface area contributed by atoms with Gasteiger partial charge in [0.1, 0.15) is 11.6 Å². The Balaban J connectivity index is 2.23. The molecule has 6 heteroatoms. The molecule has 0 fully saturated rings. The molecule has 0 saturated heterocycles. The Morgan fingerprint density at radius 2 is 1.63 bits per heavy atom. The largest absolute Gasteiger partial charge is 0.503 e. The van der Waals surface area contributed by atoms with Gasteiger partial charge in [-0.3, -0.25) is 14.5 Å². The monoisotopic (exact) mass is 371 g/mol. The van der Waals surface area contributed by atoms with E-state index in [-0.39, 0.29) is 16.8 Å². The summed E-state index contributed by atoms with van der Waals surface area (Å²) in [5.41, 5.74) is -0.738. The van der Waals surface area contributed by atoms with E-state index in [1.807, 2.05) is 0 Å². The second-order valence-corrected chi connectivity index (χ2v) is 7.42. The topological polar surface area (TPSA) is 57.6 Å². The van der Waals surface area contributed by atoms with Crippen LogP contribution in [0.3, 0.4) is 0 Å². The van der Waals surface area contributed by atoms with Crippen molar-refractivity contribution in [2.24, 2.45) is 5.41 Å². The first-order chi connectivity index (χ1) is 12.6. The van der Waals surface area contributed by atoms with E-state index >= 15 is 0 Å². The summed E-state index contributed by atoms with van der Waals surface area (Å²) >= 11 is 0. The van der Waals surface area contributed by atoms with E-state index in [4.69, 9.17) is 0 Å². The highest BCUT2D eigenvalue weighted by molar-refractivity contribution is 6.17. The van der Waals surface area contributed by atoms with Gasteiger partial charge in [-0.25, -0.2) is 8.78 Å². The van der Waals surface area contributed by atoms with Crippen molar-refractivity contribution >= 4 is 17.4 Å². The fraction of sp³-hybridized carbons (Fsp3) is 0.238. The maximum absolute atomic E-state index is 14.6. The molecule has 0 bridgehead atoms. The fourth-order valence-electron chi connectivity index (χ4n) is 3.10. The molecule has 1 atom stereocenters. The third-order valence-electron chi connectivity index (χ3n) is 4.44. The van der Waals surface area contributed by atoms with E-state index < -0.39 is 40.5 Å². The van der Waals surface area contributed by atoms with Crippen molar-refractivity contribution in [2.75, 3.05) is 4.90 Å².